The number of thioether (sulfide) groups is 1. The number of amides is 1. The fourth-order valence-corrected chi connectivity index (χ4v) is 5.15. The van der Waals surface area contributed by atoms with E-state index in [1.54, 1.807) is 4.90 Å². The number of fused-ring (bicyclic) bond motifs is 1. The molecule has 0 aliphatic carbocycles. The first-order valence-electron chi connectivity index (χ1n) is 9.08. The number of amidine groups is 1. The average molecular weight is 366 g/mol. The van der Waals surface area contributed by atoms with Gasteiger partial charge in [0.25, 0.3) is 5.91 Å². The molecular weight excluding hydrogens is 340 g/mol. The second kappa shape index (κ2) is 6.90. The second-order valence-electron chi connectivity index (χ2n) is 7.32. The molecule has 2 fully saturated rings. The third-order valence-corrected chi connectivity index (χ3v) is 6.49. The zero-order chi connectivity index (χ0) is 17.4. The number of hydrogen-bond acceptors (Lipinski definition) is 7. The highest BCUT2D eigenvalue weighted by atomic mass is 32.2. The van der Waals surface area contributed by atoms with Gasteiger partial charge < -0.3 is 24.5 Å². The molecule has 0 aromatic heterocycles. The van der Waals surface area contributed by atoms with Gasteiger partial charge in [0, 0.05) is 25.3 Å². The summed E-state index contributed by atoms with van der Waals surface area (Å²) in [6.07, 6.45) is 2.36. The van der Waals surface area contributed by atoms with Crippen LogP contribution in [0.1, 0.15) is 19.8 Å². The highest BCUT2D eigenvalue weighted by molar-refractivity contribution is 8.18. The predicted molar refractivity (Wildman–Crippen MR) is 97.3 cm³/mol. The van der Waals surface area contributed by atoms with Crippen molar-refractivity contribution in [2.24, 2.45) is 4.99 Å². The molecule has 0 aromatic rings. The zero-order valence-electron chi connectivity index (χ0n) is 14.7. The van der Waals surface area contributed by atoms with E-state index >= 15 is 0 Å². The van der Waals surface area contributed by atoms with Crippen LogP contribution in [-0.4, -0.2) is 95.5 Å². The molecule has 4 aliphatic heterocycles. The third kappa shape index (κ3) is 3.45. The molecule has 4 heterocycles. The molecule has 2 saturated heterocycles. The molecule has 1 N–H and O–H groups in total. The Kier molecular flexibility index (Phi) is 4.79. The van der Waals surface area contributed by atoms with Gasteiger partial charge in [-0.05, 0) is 44.6 Å². The molecule has 0 saturated carbocycles. The number of allylic oxidation sites excluding steroid dienone is 1. The van der Waals surface area contributed by atoms with Gasteiger partial charge in [-0.2, -0.15) is 0 Å². The monoisotopic (exact) mass is 366 g/mol. The van der Waals surface area contributed by atoms with Crippen LogP contribution >= 0.6 is 11.8 Å². The summed E-state index contributed by atoms with van der Waals surface area (Å²) in [7, 11) is 0. The van der Waals surface area contributed by atoms with Crippen molar-refractivity contribution in [1.29, 1.82) is 0 Å². The van der Waals surface area contributed by atoms with Crippen LogP contribution in [0.15, 0.2) is 15.6 Å². The first kappa shape index (κ1) is 17.3. The summed E-state index contributed by atoms with van der Waals surface area (Å²) < 4.78 is 5.64. The number of likely N-dealkylation sites (tertiary alicyclic amines) is 1. The first-order chi connectivity index (χ1) is 12.1. The molecule has 8 heteroatoms. The normalized spacial score (nSPS) is 30.7. The molecular formula is C17H26N4O3S. The van der Waals surface area contributed by atoms with E-state index in [9.17, 15) is 9.90 Å². The van der Waals surface area contributed by atoms with Crippen molar-refractivity contribution in [2.45, 2.75) is 25.4 Å². The van der Waals surface area contributed by atoms with Crippen LogP contribution in [0.3, 0.4) is 0 Å². The minimum Gasteiger partial charge on any atom is -0.384 e. The number of ether oxygens (including phenoxy) is 1. The van der Waals surface area contributed by atoms with Crippen molar-refractivity contribution in [3.8, 4) is 0 Å². The molecule has 0 unspecified atom stereocenters. The van der Waals surface area contributed by atoms with Crippen molar-refractivity contribution >= 4 is 22.8 Å². The number of rotatable bonds is 3. The summed E-state index contributed by atoms with van der Waals surface area (Å²) in [6, 6.07) is 0. The number of nitrogens with zero attached hydrogens (tertiary/aromatic N) is 4. The molecule has 7 nitrogen and oxygen atoms in total. The summed E-state index contributed by atoms with van der Waals surface area (Å²) in [5, 5.41) is 12.0. The van der Waals surface area contributed by atoms with Gasteiger partial charge in [0.15, 0.2) is 5.17 Å². The topological polar surface area (TPSA) is 68.6 Å². The van der Waals surface area contributed by atoms with E-state index in [-0.39, 0.29) is 12.5 Å². The molecule has 1 atom stereocenters. The van der Waals surface area contributed by atoms with Crippen molar-refractivity contribution in [3.05, 3.63) is 10.6 Å². The lowest BCUT2D eigenvalue weighted by Crippen LogP contribution is -2.53. The van der Waals surface area contributed by atoms with Gasteiger partial charge in [0.1, 0.15) is 5.60 Å². The van der Waals surface area contributed by atoms with Gasteiger partial charge >= 0.3 is 0 Å². The minimum atomic E-state index is -0.998. The Morgan fingerprint density at radius 1 is 1.32 bits per heavy atom. The Bertz CT molecular complexity index is 617. The molecule has 138 valence electrons. The van der Waals surface area contributed by atoms with E-state index in [4.69, 9.17) is 4.74 Å². The number of aliphatic hydroxyl groups is 1. The summed E-state index contributed by atoms with van der Waals surface area (Å²) >= 11 is 1.46. The fraction of sp³-hybridized carbons (Fsp3) is 0.765. The number of aliphatic imine (C=N–C) groups is 1. The summed E-state index contributed by atoms with van der Waals surface area (Å²) in [5.74, 6) is -0.00931. The van der Waals surface area contributed by atoms with E-state index in [0.29, 0.717) is 26.2 Å². The van der Waals surface area contributed by atoms with Gasteiger partial charge in [0.2, 0.25) is 0 Å². The fourth-order valence-electron chi connectivity index (χ4n) is 4.00. The molecule has 4 rings (SSSR count). The van der Waals surface area contributed by atoms with Gasteiger partial charge in [-0.3, -0.25) is 9.79 Å². The van der Waals surface area contributed by atoms with Gasteiger partial charge in [-0.15, -0.1) is 0 Å². The van der Waals surface area contributed by atoms with Crippen LogP contribution in [0.25, 0.3) is 0 Å². The molecule has 0 spiro atoms. The number of carbonyl (C=O) groups is 1. The Morgan fingerprint density at radius 3 is 2.88 bits per heavy atom. The Labute approximate surface area is 152 Å². The standard InChI is InChI=1S/C17H26N4O3S/c1-13-14(25-16-18-4-7-21(13)16)15(22)20-8-9-24-12-17(23,11-20)10-19-5-2-3-6-19/h23H,2-12H2,1H3/t17-/m0/s1. The Balaban J connectivity index is 1.48. The molecule has 0 aromatic carbocycles. The minimum absolute atomic E-state index is 0.00931. The van der Waals surface area contributed by atoms with Crippen LogP contribution < -0.4 is 0 Å². The van der Waals surface area contributed by atoms with E-state index in [1.165, 1.54) is 24.6 Å². The van der Waals surface area contributed by atoms with Gasteiger partial charge in [-0.25, -0.2) is 0 Å². The Hall–Kier alpha value is -1.09. The van der Waals surface area contributed by atoms with Crippen LogP contribution in [0.4, 0.5) is 0 Å². The number of carbonyl (C=O) groups excluding carboxylic acids is 1. The molecule has 0 bridgehead atoms. The lowest BCUT2D eigenvalue weighted by atomic mass is 10.0. The molecule has 25 heavy (non-hydrogen) atoms. The number of hydrogen-bond donors (Lipinski definition) is 1. The van der Waals surface area contributed by atoms with Crippen LogP contribution in [0.5, 0.6) is 0 Å². The summed E-state index contributed by atoms with van der Waals surface area (Å²) in [4.78, 5) is 24.4. The van der Waals surface area contributed by atoms with Crippen molar-refractivity contribution < 1.29 is 14.6 Å². The smallest absolute Gasteiger partial charge is 0.262 e. The van der Waals surface area contributed by atoms with Crippen molar-refractivity contribution in [3.63, 3.8) is 0 Å². The highest BCUT2D eigenvalue weighted by Gasteiger charge is 2.40. The van der Waals surface area contributed by atoms with Crippen LogP contribution in [-0.2, 0) is 9.53 Å². The highest BCUT2D eigenvalue weighted by Crippen LogP contribution is 2.37. The quantitative estimate of drug-likeness (QED) is 0.776. The first-order valence-corrected chi connectivity index (χ1v) is 9.90. The van der Waals surface area contributed by atoms with Gasteiger partial charge in [-0.1, -0.05) is 0 Å². The maximum absolute atomic E-state index is 13.1. The summed E-state index contributed by atoms with van der Waals surface area (Å²) in [6.45, 7) is 7.85. The van der Waals surface area contributed by atoms with E-state index in [0.717, 1.165) is 41.9 Å². The van der Waals surface area contributed by atoms with E-state index in [2.05, 4.69) is 14.8 Å². The van der Waals surface area contributed by atoms with Crippen LogP contribution in [0.2, 0.25) is 0 Å². The second-order valence-corrected chi connectivity index (χ2v) is 8.30. The lowest BCUT2D eigenvalue weighted by Gasteiger charge is -2.34. The molecule has 1 amide bonds. The van der Waals surface area contributed by atoms with Crippen molar-refractivity contribution in [1.82, 2.24) is 14.7 Å². The SMILES string of the molecule is CC1=C(C(=O)N2CCOC[C@](O)(CN3CCCC3)C2)SC2=NCCN21. The Morgan fingerprint density at radius 2 is 2.12 bits per heavy atom. The van der Waals surface area contributed by atoms with Gasteiger partial charge in [0.05, 0.1) is 31.2 Å². The zero-order valence-corrected chi connectivity index (χ0v) is 15.6. The third-order valence-electron chi connectivity index (χ3n) is 5.29. The average Bonchev–Trinajstić information content (AvgIpc) is 3.27. The molecule has 4 aliphatic rings. The van der Waals surface area contributed by atoms with Crippen LogP contribution in [0, 0.1) is 0 Å². The summed E-state index contributed by atoms with van der Waals surface area (Å²) in [5.41, 5.74) is -0.0125. The maximum Gasteiger partial charge on any atom is 0.262 e. The van der Waals surface area contributed by atoms with E-state index < -0.39 is 5.60 Å². The maximum atomic E-state index is 13.1. The molecule has 0 radical (unpaired) electrons. The van der Waals surface area contributed by atoms with Crippen molar-refractivity contribution in [2.75, 3.05) is 59.0 Å². The largest absolute Gasteiger partial charge is 0.384 e. The number of β-amino-alcohol motifs (C(OH)–C–C–N with tert-alkyl or cyclic N) is 1. The van der Waals surface area contributed by atoms with E-state index in [1.807, 2.05) is 6.92 Å². The predicted octanol–water partition coefficient (Wildman–Crippen LogP) is 0.322. The lowest BCUT2D eigenvalue weighted by molar-refractivity contribution is -0.129.